The van der Waals surface area contributed by atoms with Crippen LogP contribution in [0, 0.1) is 20.8 Å². The molecule has 1 N–H and O–H groups in total. The molecule has 0 aliphatic rings. The van der Waals surface area contributed by atoms with Gasteiger partial charge < -0.3 is 28.4 Å². The van der Waals surface area contributed by atoms with Gasteiger partial charge in [0.1, 0.15) is 33.9 Å². The molecule has 3 heterocycles. The quantitative estimate of drug-likeness (QED) is 0.178. The lowest BCUT2D eigenvalue weighted by Gasteiger charge is -2.10. The third-order valence-corrected chi connectivity index (χ3v) is 7.48. The highest BCUT2D eigenvalue weighted by molar-refractivity contribution is 7.16. The Morgan fingerprint density at radius 2 is 1.68 bits per heavy atom. The molecular weight excluding hydrogens is 550 g/mol. The van der Waals surface area contributed by atoms with Crippen LogP contribution in [0.1, 0.15) is 33.3 Å². The average Bonchev–Trinajstić information content (AvgIpc) is 3.21. The van der Waals surface area contributed by atoms with Crippen molar-refractivity contribution >= 4 is 50.2 Å². The molecule has 10 nitrogen and oxygen atoms in total. The first-order valence-electron chi connectivity index (χ1n) is 12.6. The number of hydrogen-bond donors (Lipinski definition) is 1. The largest absolute Gasteiger partial charge is 0.484 e. The van der Waals surface area contributed by atoms with Crippen molar-refractivity contribution in [1.82, 2.24) is 0 Å². The Bertz CT molecular complexity index is 1930. The predicted molar refractivity (Wildman–Crippen MR) is 154 cm³/mol. The van der Waals surface area contributed by atoms with Crippen molar-refractivity contribution in [1.29, 1.82) is 0 Å². The van der Waals surface area contributed by atoms with E-state index in [0.717, 1.165) is 21.4 Å². The normalized spacial score (nSPS) is 11.0. The van der Waals surface area contributed by atoms with Gasteiger partial charge in [-0.25, -0.2) is 9.59 Å². The zero-order valence-corrected chi connectivity index (χ0v) is 23.4. The van der Waals surface area contributed by atoms with Crippen LogP contribution in [0.3, 0.4) is 0 Å². The second kappa shape index (κ2) is 11.3. The number of carbonyl (C=O) groups excluding carboxylic acids is 2. The van der Waals surface area contributed by atoms with Crippen LogP contribution in [0.5, 0.6) is 17.2 Å². The third kappa shape index (κ3) is 5.71. The fourth-order valence-corrected chi connectivity index (χ4v) is 5.29. The number of ether oxygens (including phenoxy) is 3. The first-order valence-corrected chi connectivity index (χ1v) is 13.4. The second-order valence-corrected chi connectivity index (χ2v) is 10.4. The Morgan fingerprint density at radius 3 is 2.46 bits per heavy atom. The highest BCUT2D eigenvalue weighted by Crippen LogP contribution is 2.33. The van der Waals surface area contributed by atoms with Crippen LogP contribution in [0.15, 0.2) is 67.2 Å². The Labute approximate surface area is 237 Å². The summed E-state index contributed by atoms with van der Waals surface area (Å²) in [7, 11) is 0. The minimum absolute atomic E-state index is 0.0566. The maximum Gasteiger partial charge on any atom is 0.341 e. The molecule has 0 aliphatic heterocycles. The standard InChI is InChI=1S/C30H25NO9S/c1-5-36-30(35)27-16(3)17(4)41-29(27)31-25(32)14-37-18-6-9-21-22(11-18)38-13-24(28(21)34)39-19-7-8-20-15(2)10-26(33)40-23(20)12-19/h6-13H,5,14H2,1-4H3,(H,31,32). The average molecular weight is 576 g/mol. The van der Waals surface area contributed by atoms with E-state index in [0.29, 0.717) is 27.6 Å². The molecule has 210 valence electrons. The molecule has 11 heteroatoms. The summed E-state index contributed by atoms with van der Waals surface area (Å²) in [5.41, 5.74) is 1.51. The molecule has 41 heavy (non-hydrogen) atoms. The van der Waals surface area contributed by atoms with E-state index >= 15 is 0 Å². The van der Waals surface area contributed by atoms with Crippen LogP contribution < -0.4 is 25.8 Å². The van der Waals surface area contributed by atoms with Crippen LogP contribution in [-0.4, -0.2) is 25.1 Å². The van der Waals surface area contributed by atoms with E-state index in [1.165, 1.54) is 47.9 Å². The summed E-state index contributed by atoms with van der Waals surface area (Å²) in [6, 6.07) is 10.9. The van der Waals surface area contributed by atoms with Crippen molar-refractivity contribution in [3.63, 3.8) is 0 Å². The van der Waals surface area contributed by atoms with E-state index in [-0.39, 0.29) is 29.9 Å². The number of aryl methyl sites for hydroxylation is 2. The minimum Gasteiger partial charge on any atom is -0.484 e. The number of amides is 1. The van der Waals surface area contributed by atoms with Gasteiger partial charge in [-0.3, -0.25) is 9.59 Å². The van der Waals surface area contributed by atoms with Gasteiger partial charge in [-0.2, -0.15) is 0 Å². The molecule has 0 fully saturated rings. The fraction of sp³-hybridized carbons (Fsp3) is 0.200. The van der Waals surface area contributed by atoms with Crippen molar-refractivity contribution in [2.45, 2.75) is 27.7 Å². The van der Waals surface area contributed by atoms with Crippen LogP contribution in [0.25, 0.3) is 21.9 Å². The number of fused-ring (bicyclic) bond motifs is 2. The number of rotatable bonds is 8. The molecule has 2 aromatic carbocycles. The Balaban J connectivity index is 1.29. The second-order valence-electron chi connectivity index (χ2n) is 9.14. The van der Waals surface area contributed by atoms with Crippen LogP contribution in [0.4, 0.5) is 5.00 Å². The van der Waals surface area contributed by atoms with Crippen LogP contribution in [0.2, 0.25) is 0 Å². The number of benzene rings is 2. The van der Waals surface area contributed by atoms with Gasteiger partial charge in [0, 0.05) is 28.5 Å². The van der Waals surface area contributed by atoms with Crippen LogP contribution >= 0.6 is 11.3 Å². The summed E-state index contributed by atoms with van der Waals surface area (Å²) >= 11 is 1.28. The maximum absolute atomic E-state index is 13.0. The molecule has 0 unspecified atom stereocenters. The van der Waals surface area contributed by atoms with E-state index in [1.807, 2.05) is 6.92 Å². The summed E-state index contributed by atoms with van der Waals surface area (Å²) in [5, 5.41) is 4.11. The van der Waals surface area contributed by atoms with E-state index in [1.54, 1.807) is 32.9 Å². The molecule has 0 bridgehead atoms. The van der Waals surface area contributed by atoms with Crippen molar-refractivity contribution < 1.29 is 32.6 Å². The van der Waals surface area contributed by atoms with Crippen molar-refractivity contribution in [3.8, 4) is 17.2 Å². The van der Waals surface area contributed by atoms with Crippen molar-refractivity contribution in [2.24, 2.45) is 0 Å². The van der Waals surface area contributed by atoms with Gasteiger partial charge in [0.05, 0.1) is 17.6 Å². The van der Waals surface area contributed by atoms with Crippen molar-refractivity contribution in [3.05, 3.63) is 90.9 Å². The third-order valence-electron chi connectivity index (χ3n) is 6.35. The number of hydrogen-bond acceptors (Lipinski definition) is 10. The molecule has 0 radical (unpaired) electrons. The van der Waals surface area contributed by atoms with Gasteiger partial charge in [0.15, 0.2) is 6.61 Å². The molecule has 0 spiro atoms. The molecule has 0 saturated heterocycles. The lowest BCUT2D eigenvalue weighted by atomic mass is 10.1. The zero-order chi connectivity index (χ0) is 29.3. The van der Waals surface area contributed by atoms with Gasteiger partial charge >= 0.3 is 11.6 Å². The molecule has 0 atom stereocenters. The van der Waals surface area contributed by atoms with Gasteiger partial charge in [-0.1, -0.05) is 0 Å². The molecule has 3 aromatic heterocycles. The van der Waals surface area contributed by atoms with Gasteiger partial charge in [-0.05, 0) is 63.1 Å². The Kier molecular flexibility index (Phi) is 7.62. The van der Waals surface area contributed by atoms with Crippen molar-refractivity contribution in [2.75, 3.05) is 18.5 Å². The smallest absolute Gasteiger partial charge is 0.341 e. The number of thiophene rings is 1. The molecule has 1 amide bonds. The number of carbonyl (C=O) groups is 2. The molecular formula is C30H25NO9S. The van der Waals surface area contributed by atoms with Gasteiger partial charge in [0.25, 0.3) is 5.91 Å². The number of esters is 1. The SMILES string of the molecule is CCOC(=O)c1c(NC(=O)COc2ccc3c(=O)c(Oc4ccc5c(C)cc(=O)oc5c4)coc3c2)sc(C)c1C. The maximum atomic E-state index is 13.0. The van der Waals surface area contributed by atoms with Crippen LogP contribution in [-0.2, 0) is 9.53 Å². The molecule has 0 saturated carbocycles. The summed E-state index contributed by atoms with van der Waals surface area (Å²) in [6.07, 6.45) is 1.18. The zero-order valence-electron chi connectivity index (χ0n) is 22.6. The molecule has 5 aromatic rings. The summed E-state index contributed by atoms with van der Waals surface area (Å²) in [5.74, 6) is -0.428. The van der Waals surface area contributed by atoms with E-state index in [4.69, 9.17) is 23.0 Å². The van der Waals surface area contributed by atoms with E-state index in [2.05, 4.69) is 5.32 Å². The highest BCUT2D eigenvalue weighted by Gasteiger charge is 2.22. The lowest BCUT2D eigenvalue weighted by molar-refractivity contribution is -0.118. The van der Waals surface area contributed by atoms with E-state index in [9.17, 15) is 19.2 Å². The summed E-state index contributed by atoms with van der Waals surface area (Å²) in [4.78, 5) is 50.6. The highest BCUT2D eigenvalue weighted by atomic mass is 32.1. The first kappa shape index (κ1) is 27.7. The Hall–Kier alpha value is -4.90. The fourth-order valence-electron chi connectivity index (χ4n) is 4.22. The monoisotopic (exact) mass is 575 g/mol. The Morgan fingerprint density at radius 1 is 0.951 bits per heavy atom. The first-order chi connectivity index (χ1) is 19.6. The molecule has 5 rings (SSSR count). The lowest BCUT2D eigenvalue weighted by Crippen LogP contribution is -2.21. The van der Waals surface area contributed by atoms with Gasteiger partial charge in [-0.15, -0.1) is 11.3 Å². The molecule has 0 aliphatic carbocycles. The summed E-state index contributed by atoms with van der Waals surface area (Å²) < 4.78 is 27.3. The summed E-state index contributed by atoms with van der Waals surface area (Å²) in [6.45, 7) is 7.05. The number of anilines is 1. The predicted octanol–water partition coefficient (Wildman–Crippen LogP) is 5.87. The topological polar surface area (TPSA) is 134 Å². The van der Waals surface area contributed by atoms with E-state index < -0.39 is 22.9 Å². The number of nitrogens with one attached hydrogen (secondary N) is 1. The minimum atomic E-state index is -0.499. The van der Waals surface area contributed by atoms with Gasteiger partial charge in [0.2, 0.25) is 11.2 Å².